The van der Waals surface area contributed by atoms with E-state index in [9.17, 15) is 14.3 Å². The molecule has 1 aromatic heterocycles. The van der Waals surface area contributed by atoms with Crippen LogP contribution in [0.5, 0.6) is 0 Å². The van der Waals surface area contributed by atoms with Crippen LogP contribution in [0.15, 0.2) is 43.0 Å². The lowest BCUT2D eigenvalue weighted by Crippen LogP contribution is -2.33. The second-order valence-electron chi connectivity index (χ2n) is 5.87. The monoisotopic (exact) mass is 317 g/mol. The number of halogens is 1. The van der Waals surface area contributed by atoms with Gasteiger partial charge in [0.05, 0.1) is 24.9 Å². The quantitative estimate of drug-likeness (QED) is 0.939. The Labute approximate surface area is 134 Å². The first kappa shape index (κ1) is 15.7. The van der Waals surface area contributed by atoms with Crippen LogP contribution in [0.2, 0.25) is 0 Å². The van der Waals surface area contributed by atoms with Gasteiger partial charge in [0.2, 0.25) is 5.91 Å². The molecule has 0 unspecified atom stereocenters. The van der Waals surface area contributed by atoms with Crippen molar-refractivity contribution in [2.24, 2.45) is 0 Å². The van der Waals surface area contributed by atoms with E-state index in [-0.39, 0.29) is 24.2 Å². The number of hydrogen-bond acceptors (Lipinski definition) is 3. The molecule has 0 saturated carbocycles. The van der Waals surface area contributed by atoms with Crippen LogP contribution in [0.4, 0.5) is 4.39 Å². The zero-order chi connectivity index (χ0) is 16.2. The number of likely N-dealkylation sites (tertiary alicyclic amines) is 1. The summed E-state index contributed by atoms with van der Waals surface area (Å²) in [7, 11) is 0. The molecule has 1 saturated heterocycles. The van der Waals surface area contributed by atoms with Crippen LogP contribution >= 0.6 is 0 Å². The number of carbonyl (C=O) groups excluding carboxylic acids is 1. The number of nitrogens with zero attached hydrogens (tertiary/aromatic N) is 3. The molecule has 0 aliphatic carbocycles. The lowest BCUT2D eigenvalue weighted by atomic mass is 10.1. The minimum absolute atomic E-state index is 0.0541. The van der Waals surface area contributed by atoms with E-state index in [0.717, 1.165) is 0 Å². The summed E-state index contributed by atoms with van der Waals surface area (Å²) in [6.45, 7) is 1.03. The third-order valence-electron chi connectivity index (χ3n) is 4.39. The van der Waals surface area contributed by atoms with Crippen LogP contribution in [0.25, 0.3) is 0 Å². The van der Waals surface area contributed by atoms with Crippen molar-refractivity contribution in [3.05, 3.63) is 54.4 Å². The summed E-state index contributed by atoms with van der Waals surface area (Å²) in [5.41, 5.74) is 0.411. The van der Waals surface area contributed by atoms with E-state index in [4.69, 9.17) is 0 Å². The molecule has 1 fully saturated rings. The van der Waals surface area contributed by atoms with Crippen LogP contribution in [0, 0.1) is 5.82 Å². The predicted molar refractivity (Wildman–Crippen MR) is 83.2 cm³/mol. The summed E-state index contributed by atoms with van der Waals surface area (Å²) < 4.78 is 15.6. The van der Waals surface area contributed by atoms with E-state index in [1.54, 1.807) is 35.6 Å². The number of rotatable bonds is 3. The van der Waals surface area contributed by atoms with Crippen LogP contribution in [0.1, 0.15) is 24.4 Å². The number of carbonyl (C=O) groups is 1. The van der Waals surface area contributed by atoms with Gasteiger partial charge in [0, 0.05) is 25.5 Å². The first-order chi connectivity index (χ1) is 11.1. The number of amides is 1. The largest absolute Gasteiger partial charge is 0.391 e. The Hall–Kier alpha value is -2.21. The molecule has 3 rings (SSSR count). The van der Waals surface area contributed by atoms with Gasteiger partial charge in [0.1, 0.15) is 5.82 Å². The maximum absolute atomic E-state index is 13.7. The van der Waals surface area contributed by atoms with Gasteiger partial charge < -0.3 is 14.6 Å². The fourth-order valence-electron chi connectivity index (χ4n) is 3.05. The predicted octanol–water partition coefficient (Wildman–Crippen LogP) is 1.79. The number of imidazole rings is 1. The Kier molecular flexibility index (Phi) is 4.71. The molecule has 1 aliphatic rings. The van der Waals surface area contributed by atoms with Gasteiger partial charge in [0.15, 0.2) is 0 Å². The molecule has 2 atom stereocenters. The summed E-state index contributed by atoms with van der Waals surface area (Å²) in [6, 6.07) is 6.26. The van der Waals surface area contributed by atoms with Gasteiger partial charge in [-0.2, -0.15) is 0 Å². The van der Waals surface area contributed by atoms with E-state index < -0.39 is 6.10 Å². The van der Waals surface area contributed by atoms with Gasteiger partial charge in [0.25, 0.3) is 0 Å². The fraction of sp³-hybridized carbons (Fsp3) is 0.412. The maximum Gasteiger partial charge on any atom is 0.227 e. The molecular weight excluding hydrogens is 297 g/mol. The number of aromatic nitrogens is 2. The van der Waals surface area contributed by atoms with Crippen molar-refractivity contribution in [2.45, 2.75) is 31.4 Å². The summed E-state index contributed by atoms with van der Waals surface area (Å²) in [5.74, 6) is -0.458. The smallest absolute Gasteiger partial charge is 0.227 e. The molecule has 122 valence electrons. The summed E-state index contributed by atoms with van der Waals surface area (Å²) in [4.78, 5) is 18.2. The Morgan fingerprint density at radius 1 is 1.30 bits per heavy atom. The van der Waals surface area contributed by atoms with E-state index in [1.165, 1.54) is 6.07 Å². The van der Waals surface area contributed by atoms with Crippen LogP contribution < -0.4 is 0 Å². The molecule has 1 aromatic carbocycles. The highest BCUT2D eigenvalue weighted by atomic mass is 19.1. The molecular formula is C17H20FN3O2. The van der Waals surface area contributed by atoms with Crippen molar-refractivity contribution >= 4 is 5.91 Å². The number of aliphatic hydroxyl groups excluding tert-OH is 1. The summed E-state index contributed by atoms with van der Waals surface area (Å²) in [5, 5.41) is 10.3. The van der Waals surface area contributed by atoms with Gasteiger partial charge in [-0.25, -0.2) is 9.37 Å². The van der Waals surface area contributed by atoms with Crippen molar-refractivity contribution in [3.8, 4) is 0 Å². The van der Waals surface area contributed by atoms with Gasteiger partial charge >= 0.3 is 0 Å². The second kappa shape index (κ2) is 6.91. The van der Waals surface area contributed by atoms with Gasteiger partial charge in [-0.15, -0.1) is 0 Å². The molecule has 1 N–H and O–H groups in total. The van der Waals surface area contributed by atoms with Crippen molar-refractivity contribution in [1.29, 1.82) is 0 Å². The first-order valence-electron chi connectivity index (χ1n) is 7.82. The molecule has 0 spiro atoms. The average molecular weight is 317 g/mol. The topological polar surface area (TPSA) is 58.4 Å². The Balaban J connectivity index is 1.65. The van der Waals surface area contributed by atoms with E-state index in [2.05, 4.69) is 4.98 Å². The molecule has 1 aliphatic heterocycles. The normalized spacial score (nSPS) is 21.9. The SMILES string of the molecule is O=C(Cc1ccccc1F)N1CC[C@H](O)[C@@H](n2ccnc2)CC1. The lowest BCUT2D eigenvalue weighted by molar-refractivity contribution is -0.130. The Bertz CT molecular complexity index is 660. The summed E-state index contributed by atoms with van der Waals surface area (Å²) in [6.07, 6.45) is 5.88. The van der Waals surface area contributed by atoms with Crippen molar-refractivity contribution in [1.82, 2.24) is 14.5 Å². The van der Waals surface area contributed by atoms with Crippen LogP contribution in [-0.2, 0) is 11.2 Å². The van der Waals surface area contributed by atoms with Crippen molar-refractivity contribution in [3.63, 3.8) is 0 Å². The minimum atomic E-state index is -0.518. The molecule has 6 heteroatoms. The first-order valence-corrected chi connectivity index (χ1v) is 7.82. The highest BCUT2D eigenvalue weighted by molar-refractivity contribution is 5.78. The number of hydrogen-bond donors (Lipinski definition) is 1. The molecule has 1 amide bonds. The van der Waals surface area contributed by atoms with Crippen LogP contribution in [-0.4, -0.2) is 44.7 Å². The Morgan fingerprint density at radius 2 is 2.09 bits per heavy atom. The lowest BCUT2D eigenvalue weighted by Gasteiger charge is -2.21. The highest BCUT2D eigenvalue weighted by Crippen LogP contribution is 2.23. The minimum Gasteiger partial charge on any atom is -0.391 e. The molecule has 2 aromatic rings. The van der Waals surface area contributed by atoms with E-state index >= 15 is 0 Å². The average Bonchev–Trinajstić information content (AvgIpc) is 2.99. The Morgan fingerprint density at radius 3 is 2.83 bits per heavy atom. The zero-order valence-electron chi connectivity index (χ0n) is 12.8. The van der Waals surface area contributed by atoms with Gasteiger partial charge in [-0.05, 0) is 24.5 Å². The van der Waals surface area contributed by atoms with Gasteiger partial charge in [-0.3, -0.25) is 4.79 Å². The molecule has 5 nitrogen and oxygen atoms in total. The second-order valence-corrected chi connectivity index (χ2v) is 5.87. The highest BCUT2D eigenvalue weighted by Gasteiger charge is 2.28. The zero-order valence-corrected chi connectivity index (χ0v) is 12.8. The van der Waals surface area contributed by atoms with E-state index in [0.29, 0.717) is 31.5 Å². The van der Waals surface area contributed by atoms with Gasteiger partial charge in [-0.1, -0.05) is 18.2 Å². The van der Waals surface area contributed by atoms with E-state index in [1.807, 2.05) is 10.8 Å². The summed E-state index contributed by atoms with van der Waals surface area (Å²) >= 11 is 0. The van der Waals surface area contributed by atoms with Crippen LogP contribution in [0.3, 0.4) is 0 Å². The fourth-order valence-corrected chi connectivity index (χ4v) is 3.05. The maximum atomic E-state index is 13.7. The van der Waals surface area contributed by atoms with Crippen molar-refractivity contribution < 1.29 is 14.3 Å². The van der Waals surface area contributed by atoms with Crippen molar-refractivity contribution in [2.75, 3.05) is 13.1 Å². The molecule has 0 bridgehead atoms. The number of aliphatic hydroxyl groups is 1. The third-order valence-corrected chi connectivity index (χ3v) is 4.39. The molecule has 23 heavy (non-hydrogen) atoms. The molecule has 0 radical (unpaired) electrons. The molecule has 2 heterocycles. The third kappa shape index (κ3) is 3.59. The number of benzene rings is 1. The standard InChI is InChI=1S/C17H20FN3O2/c18-14-4-2-1-3-13(14)11-17(23)20-8-5-15(16(22)6-9-20)21-10-7-19-12-21/h1-4,7,10,12,15-16,22H,5-6,8-9,11H2/t15-,16-/m0/s1.